The van der Waals surface area contributed by atoms with Gasteiger partial charge in [0.1, 0.15) is 10.9 Å². The first-order valence-electron chi connectivity index (χ1n) is 6.40. The molecule has 4 nitrogen and oxygen atoms in total. The van der Waals surface area contributed by atoms with Crippen molar-refractivity contribution >= 4 is 11.6 Å². The highest BCUT2D eigenvalue weighted by molar-refractivity contribution is 6.30. The van der Waals surface area contributed by atoms with E-state index < -0.39 is 5.60 Å². The van der Waals surface area contributed by atoms with E-state index in [4.69, 9.17) is 16.3 Å². The summed E-state index contributed by atoms with van der Waals surface area (Å²) in [5.41, 5.74) is 1.34. The van der Waals surface area contributed by atoms with Crippen LogP contribution in [0.4, 0.5) is 0 Å². The smallest absolute Gasteiger partial charge is 0.130 e. The van der Waals surface area contributed by atoms with Crippen molar-refractivity contribution in [1.82, 2.24) is 9.78 Å². The predicted octanol–water partition coefficient (Wildman–Crippen LogP) is 2.84. The SMILES string of the molecule is COc1ccccc1C(C)(O)Cc1c(C)nn(C)c1Cl. The monoisotopic (exact) mass is 294 g/mol. The van der Waals surface area contributed by atoms with Crippen LogP contribution >= 0.6 is 11.6 Å². The van der Waals surface area contributed by atoms with Crippen LogP contribution in [0, 0.1) is 6.92 Å². The summed E-state index contributed by atoms with van der Waals surface area (Å²) in [6.45, 7) is 3.65. The Balaban J connectivity index is 2.40. The van der Waals surface area contributed by atoms with Crippen molar-refractivity contribution in [3.63, 3.8) is 0 Å². The van der Waals surface area contributed by atoms with Gasteiger partial charge in [-0.2, -0.15) is 5.10 Å². The maximum absolute atomic E-state index is 10.8. The van der Waals surface area contributed by atoms with Crippen LogP contribution in [0.1, 0.15) is 23.7 Å². The molecule has 2 rings (SSSR count). The summed E-state index contributed by atoms with van der Waals surface area (Å²) in [7, 11) is 3.38. The van der Waals surface area contributed by atoms with Gasteiger partial charge >= 0.3 is 0 Å². The molecule has 0 fully saturated rings. The van der Waals surface area contributed by atoms with Crippen molar-refractivity contribution in [2.75, 3.05) is 7.11 Å². The molecule has 0 aliphatic rings. The van der Waals surface area contributed by atoms with Crippen LogP contribution in [-0.4, -0.2) is 22.0 Å². The number of benzene rings is 1. The summed E-state index contributed by atoms with van der Waals surface area (Å²) in [4.78, 5) is 0. The van der Waals surface area contributed by atoms with Crippen molar-refractivity contribution in [2.24, 2.45) is 7.05 Å². The lowest BCUT2D eigenvalue weighted by Gasteiger charge is -2.25. The molecule has 0 radical (unpaired) electrons. The fraction of sp³-hybridized carbons (Fsp3) is 0.400. The molecule has 0 spiro atoms. The summed E-state index contributed by atoms with van der Waals surface area (Å²) in [6, 6.07) is 7.45. The quantitative estimate of drug-likeness (QED) is 0.943. The Morgan fingerprint density at radius 3 is 2.60 bits per heavy atom. The Morgan fingerprint density at radius 2 is 2.05 bits per heavy atom. The van der Waals surface area contributed by atoms with Gasteiger partial charge in [0.15, 0.2) is 0 Å². The molecule has 1 N–H and O–H groups in total. The van der Waals surface area contributed by atoms with Gasteiger partial charge in [-0.15, -0.1) is 0 Å². The zero-order valence-corrected chi connectivity index (χ0v) is 12.9. The molecule has 1 aromatic heterocycles. The molecule has 0 saturated carbocycles. The summed E-state index contributed by atoms with van der Waals surface area (Å²) >= 11 is 6.24. The van der Waals surface area contributed by atoms with Crippen LogP contribution in [0.5, 0.6) is 5.75 Å². The maximum Gasteiger partial charge on any atom is 0.130 e. The molecular weight excluding hydrogens is 276 g/mol. The number of aliphatic hydroxyl groups is 1. The van der Waals surface area contributed by atoms with Gasteiger partial charge < -0.3 is 9.84 Å². The summed E-state index contributed by atoms with van der Waals surface area (Å²) in [5.74, 6) is 0.662. The van der Waals surface area contributed by atoms with Crippen LogP contribution in [0.25, 0.3) is 0 Å². The lowest BCUT2D eigenvalue weighted by atomic mass is 9.88. The Morgan fingerprint density at radius 1 is 1.40 bits per heavy atom. The van der Waals surface area contributed by atoms with E-state index in [1.165, 1.54) is 0 Å². The van der Waals surface area contributed by atoms with Crippen molar-refractivity contribution in [3.05, 3.63) is 46.2 Å². The van der Waals surface area contributed by atoms with E-state index in [0.29, 0.717) is 17.3 Å². The molecule has 2 aromatic rings. The molecule has 1 heterocycles. The number of para-hydroxylation sites is 1. The molecule has 0 amide bonds. The first kappa shape index (κ1) is 14.9. The van der Waals surface area contributed by atoms with E-state index in [1.54, 1.807) is 25.8 Å². The second-order valence-electron chi connectivity index (χ2n) is 5.13. The molecule has 0 saturated heterocycles. The molecule has 20 heavy (non-hydrogen) atoms. The topological polar surface area (TPSA) is 47.3 Å². The Hall–Kier alpha value is -1.52. The Kier molecular flexibility index (Phi) is 4.06. The number of hydrogen-bond donors (Lipinski definition) is 1. The van der Waals surface area contributed by atoms with E-state index in [0.717, 1.165) is 16.8 Å². The zero-order valence-electron chi connectivity index (χ0n) is 12.1. The van der Waals surface area contributed by atoms with Gasteiger partial charge in [0.05, 0.1) is 18.4 Å². The van der Waals surface area contributed by atoms with Gasteiger partial charge in [0.2, 0.25) is 0 Å². The fourth-order valence-electron chi connectivity index (χ4n) is 2.40. The zero-order chi connectivity index (χ0) is 14.9. The lowest BCUT2D eigenvalue weighted by Crippen LogP contribution is -2.25. The third-order valence-corrected chi connectivity index (χ3v) is 3.95. The van der Waals surface area contributed by atoms with Crippen LogP contribution in [0.3, 0.4) is 0 Å². The van der Waals surface area contributed by atoms with E-state index in [2.05, 4.69) is 5.10 Å². The Bertz CT molecular complexity index is 620. The first-order valence-corrected chi connectivity index (χ1v) is 6.78. The van der Waals surface area contributed by atoms with Crippen molar-refractivity contribution < 1.29 is 9.84 Å². The average Bonchev–Trinajstić information content (AvgIpc) is 2.65. The van der Waals surface area contributed by atoms with E-state index >= 15 is 0 Å². The minimum Gasteiger partial charge on any atom is -0.496 e. The van der Waals surface area contributed by atoms with Gasteiger partial charge in [-0.25, -0.2) is 0 Å². The number of aromatic nitrogens is 2. The molecule has 0 aliphatic heterocycles. The van der Waals surface area contributed by atoms with Gasteiger partial charge in [-0.05, 0) is 19.9 Å². The molecular formula is C15H19ClN2O2. The maximum atomic E-state index is 10.8. The first-order chi connectivity index (χ1) is 9.36. The van der Waals surface area contributed by atoms with Crippen LogP contribution in [0.2, 0.25) is 5.15 Å². The van der Waals surface area contributed by atoms with Crippen molar-refractivity contribution in [1.29, 1.82) is 0 Å². The van der Waals surface area contributed by atoms with Crippen LogP contribution in [0.15, 0.2) is 24.3 Å². The number of hydrogen-bond acceptors (Lipinski definition) is 3. The molecule has 0 bridgehead atoms. The van der Waals surface area contributed by atoms with Gasteiger partial charge in [0, 0.05) is 24.6 Å². The van der Waals surface area contributed by atoms with Gasteiger partial charge in [-0.1, -0.05) is 29.8 Å². The Labute approximate surface area is 123 Å². The minimum absolute atomic E-state index is 0.381. The van der Waals surface area contributed by atoms with Crippen LogP contribution in [-0.2, 0) is 19.1 Å². The standard InChI is InChI=1S/C15H19ClN2O2/c1-10-11(14(16)18(3)17-10)9-15(2,19)12-7-5-6-8-13(12)20-4/h5-8,19H,9H2,1-4H3. The summed E-state index contributed by atoms with van der Waals surface area (Å²) < 4.78 is 6.94. The number of methoxy groups -OCH3 is 1. The minimum atomic E-state index is -1.08. The lowest BCUT2D eigenvalue weighted by molar-refractivity contribution is 0.0548. The summed E-state index contributed by atoms with van der Waals surface area (Å²) in [5, 5.41) is 15.7. The van der Waals surface area contributed by atoms with Gasteiger partial charge in [-0.3, -0.25) is 4.68 Å². The van der Waals surface area contributed by atoms with E-state index in [9.17, 15) is 5.11 Å². The highest BCUT2D eigenvalue weighted by atomic mass is 35.5. The second kappa shape index (κ2) is 5.46. The third kappa shape index (κ3) is 2.67. The largest absolute Gasteiger partial charge is 0.496 e. The van der Waals surface area contributed by atoms with E-state index in [-0.39, 0.29) is 0 Å². The third-order valence-electron chi connectivity index (χ3n) is 3.48. The molecule has 5 heteroatoms. The second-order valence-corrected chi connectivity index (χ2v) is 5.49. The average molecular weight is 295 g/mol. The molecule has 1 unspecified atom stereocenters. The number of nitrogens with zero attached hydrogens (tertiary/aromatic N) is 2. The highest BCUT2D eigenvalue weighted by Crippen LogP contribution is 2.34. The number of halogens is 1. The van der Waals surface area contributed by atoms with Crippen LogP contribution < -0.4 is 4.74 Å². The molecule has 1 atom stereocenters. The summed E-state index contributed by atoms with van der Waals surface area (Å²) in [6.07, 6.45) is 0.381. The predicted molar refractivity (Wildman–Crippen MR) is 79.2 cm³/mol. The van der Waals surface area contributed by atoms with Gasteiger partial charge in [0.25, 0.3) is 0 Å². The molecule has 0 aliphatic carbocycles. The number of ether oxygens (including phenoxy) is 1. The normalized spacial score (nSPS) is 14.1. The number of rotatable bonds is 4. The van der Waals surface area contributed by atoms with Crippen molar-refractivity contribution in [3.8, 4) is 5.75 Å². The number of aryl methyl sites for hydroxylation is 2. The van der Waals surface area contributed by atoms with E-state index in [1.807, 2.05) is 31.2 Å². The molecule has 1 aromatic carbocycles. The van der Waals surface area contributed by atoms with Crippen molar-refractivity contribution in [2.45, 2.75) is 25.9 Å². The molecule has 108 valence electrons. The fourth-order valence-corrected chi connectivity index (χ4v) is 2.65. The highest BCUT2D eigenvalue weighted by Gasteiger charge is 2.29.